The van der Waals surface area contributed by atoms with Gasteiger partial charge < -0.3 is 10.2 Å². The van der Waals surface area contributed by atoms with E-state index in [9.17, 15) is 26.8 Å². The summed E-state index contributed by atoms with van der Waals surface area (Å²) in [6, 6.07) is 17.0. The van der Waals surface area contributed by atoms with E-state index in [1.807, 2.05) is 0 Å². The third-order valence-corrected chi connectivity index (χ3v) is 7.33. The molecule has 0 aliphatic heterocycles. The van der Waals surface area contributed by atoms with Crippen LogP contribution in [0.15, 0.2) is 83.8 Å². The van der Waals surface area contributed by atoms with Crippen molar-refractivity contribution >= 4 is 27.5 Å². The molecule has 1 atom stereocenters. The lowest BCUT2D eigenvalue weighted by Crippen LogP contribution is -2.51. The Hall–Kier alpha value is -3.79. The number of nitrogens with zero attached hydrogens (tertiary/aromatic N) is 2. The number of amides is 2. The molecule has 0 bridgehead atoms. The van der Waals surface area contributed by atoms with Gasteiger partial charge in [0.25, 0.3) is 10.0 Å². The summed E-state index contributed by atoms with van der Waals surface area (Å²) in [4.78, 5) is 27.1. The fraction of sp³-hybridized carbons (Fsp3) is 0.231. The molecule has 0 aromatic heterocycles. The predicted octanol–water partition coefficient (Wildman–Crippen LogP) is 3.71. The van der Waals surface area contributed by atoms with E-state index in [0.717, 1.165) is 33.5 Å². The highest BCUT2D eigenvalue weighted by atomic mass is 32.2. The Morgan fingerprint density at radius 3 is 2.14 bits per heavy atom. The Kier molecular flexibility index (Phi) is 8.76. The number of hydrogen-bond donors (Lipinski definition) is 1. The van der Waals surface area contributed by atoms with E-state index in [4.69, 9.17) is 0 Å². The minimum absolute atomic E-state index is 0.176. The number of benzene rings is 3. The molecule has 0 spiro atoms. The molecule has 0 aliphatic carbocycles. The molecular formula is C26H27F2N3O4S. The molecular weight excluding hydrogens is 488 g/mol. The molecule has 190 valence electrons. The largest absolute Gasteiger partial charge is 0.355 e. The summed E-state index contributed by atoms with van der Waals surface area (Å²) < 4.78 is 55.8. The Labute approximate surface area is 209 Å². The number of rotatable bonds is 10. The number of likely N-dealkylation sites (N-methyl/N-ethyl adjacent to an activating group) is 1. The first kappa shape index (κ1) is 26.8. The van der Waals surface area contributed by atoms with E-state index >= 15 is 0 Å². The van der Waals surface area contributed by atoms with Crippen molar-refractivity contribution in [1.29, 1.82) is 0 Å². The monoisotopic (exact) mass is 515 g/mol. The number of nitrogens with one attached hydrogen (secondary N) is 1. The number of carbonyl (C=O) groups is 2. The fourth-order valence-electron chi connectivity index (χ4n) is 3.57. The van der Waals surface area contributed by atoms with Crippen LogP contribution in [-0.4, -0.2) is 44.3 Å². The van der Waals surface area contributed by atoms with E-state index in [0.29, 0.717) is 6.54 Å². The molecule has 3 rings (SSSR count). The van der Waals surface area contributed by atoms with Crippen LogP contribution in [0.1, 0.15) is 19.4 Å². The van der Waals surface area contributed by atoms with Crippen molar-refractivity contribution in [2.75, 3.05) is 17.4 Å². The normalized spacial score (nSPS) is 12.0. The number of halogens is 2. The lowest BCUT2D eigenvalue weighted by Gasteiger charge is -2.32. The molecule has 1 unspecified atom stereocenters. The van der Waals surface area contributed by atoms with Crippen molar-refractivity contribution in [3.63, 3.8) is 0 Å². The van der Waals surface area contributed by atoms with Crippen LogP contribution in [0.25, 0.3) is 0 Å². The van der Waals surface area contributed by atoms with Gasteiger partial charge in [-0.05, 0) is 56.3 Å². The highest BCUT2D eigenvalue weighted by molar-refractivity contribution is 7.92. The minimum atomic E-state index is -4.29. The molecule has 10 heteroatoms. The number of sulfonamides is 1. The van der Waals surface area contributed by atoms with Gasteiger partial charge in [-0.2, -0.15) is 0 Å². The zero-order chi connectivity index (χ0) is 26.3. The highest BCUT2D eigenvalue weighted by Gasteiger charge is 2.32. The van der Waals surface area contributed by atoms with Crippen LogP contribution in [0.5, 0.6) is 0 Å². The van der Waals surface area contributed by atoms with Gasteiger partial charge in [-0.1, -0.05) is 36.4 Å². The Morgan fingerprint density at radius 2 is 1.53 bits per heavy atom. The summed E-state index contributed by atoms with van der Waals surface area (Å²) in [6.07, 6.45) is 0. The zero-order valence-electron chi connectivity index (χ0n) is 19.9. The van der Waals surface area contributed by atoms with Gasteiger partial charge in [0.05, 0.1) is 10.6 Å². The minimum Gasteiger partial charge on any atom is -0.355 e. The smallest absolute Gasteiger partial charge is 0.264 e. The predicted molar refractivity (Wildman–Crippen MR) is 132 cm³/mol. The van der Waals surface area contributed by atoms with E-state index in [1.165, 1.54) is 37.3 Å². The Bertz CT molecular complexity index is 1300. The van der Waals surface area contributed by atoms with Crippen LogP contribution < -0.4 is 9.62 Å². The van der Waals surface area contributed by atoms with Crippen molar-refractivity contribution in [2.45, 2.75) is 31.3 Å². The number of anilines is 1. The maximum absolute atomic E-state index is 14.4. The van der Waals surface area contributed by atoms with Crippen molar-refractivity contribution in [3.05, 3.63) is 96.1 Å². The summed E-state index contributed by atoms with van der Waals surface area (Å²) in [6.45, 7) is 2.62. The molecule has 3 aromatic rings. The van der Waals surface area contributed by atoms with Gasteiger partial charge in [0.2, 0.25) is 11.8 Å². The molecule has 0 aliphatic rings. The Morgan fingerprint density at radius 1 is 0.917 bits per heavy atom. The molecule has 0 fully saturated rings. The van der Waals surface area contributed by atoms with Gasteiger partial charge in [-0.25, -0.2) is 17.2 Å². The Balaban J connectivity index is 2.01. The first-order valence-electron chi connectivity index (χ1n) is 11.3. The van der Waals surface area contributed by atoms with Gasteiger partial charge >= 0.3 is 0 Å². The molecule has 1 N–H and O–H groups in total. The molecule has 36 heavy (non-hydrogen) atoms. The van der Waals surface area contributed by atoms with Crippen LogP contribution in [-0.2, 0) is 26.2 Å². The molecule has 0 saturated carbocycles. The van der Waals surface area contributed by atoms with Gasteiger partial charge in [0.1, 0.15) is 24.2 Å². The average Bonchev–Trinajstić information content (AvgIpc) is 2.87. The second-order valence-corrected chi connectivity index (χ2v) is 9.85. The second kappa shape index (κ2) is 11.8. The van der Waals surface area contributed by atoms with Gasteiger partial charge in [0.15, 0.2) is 0 Å². The highest BCUT2D eigenvalue weighted by Crippen LogP contribution is 2.24. The summed E-state index contributed by atoms with van der Waals surface area (Å²) >= 11 is 0. The third-order valence-electron chi connectivity index (χ3n) is 5.54. The van der Waals surface area contributed by atoms with Crippen LogP contribution in [0.4, 0.5) is 14.5 Å². The third kappa shape index (κ3) is 6.25. The van der Waals surface area contributed by atoms with Crippen molar-refractivity contribution in [2.24, 2.45) is 0 Å². The first-order valence-corrected chi connectivity index (χ1v) is 12.7. The van der Waals surface area contributed by atoms with Crippen molar-refractivity contribution in [1.82, 2.24) is 10.2 Å². The molecule has 2 amide bonds. The number of hydrogen-bond acceptors (Lipinski definition) is 4. The van der Waals surface area contributed by atoms with Crippen LogP contribution in [0.3, 0.4) is 0 Å². The molecule has 3 aromatic carbocycles. The summed E-state index contributed by atoms with van der Waals surface area (Å²) in [5, 5.41) is 2.63. The standard InChI is InChI=1S/C26H27F2N3O4S/c1-3-29-26(33)19(2)30(17-20-9-7-8-12-24(20)28)25(32)18-31(22-10-5-4-6-11-22)36(34,35)23-15-13-21(27)14-16-23/h4-16,19H,3,17-18H2,1-2H3,(H,29,33). The van der Waals surface area contributed by atoms with E-state index in [2.05, 4.69) is 5.32 Å². The SMILES string of the molecule is CCNC(=O)C(C)N(Cc1ccccc1F)C(=O)CN(c1ccccc1)S(=O)(=O)c1ccc(F)cc1. The summed E-state index contributed by atoms with van der Waals surface area (Å²) in [5.41, 5.74) is 0.376. The molecule has 0 radical (unpaired) electrons. The molecule has 0 saturated heterocycles. The first-order chi connectivity index (χ1) is 17.1. The van der Waals surface area contributed by atoms with Crippen molar-refractivity contribution < 1.29 is 26.8 Å². The quantitative estimate of drug-likeness (QED) is 0.446. The lowest BCUT2D eigenvalue weighted by molar-refractivity contribution is -0.139. The number of carbonyl (C=O) groups excluding carboxylic acids is 2. The van der Waals surface area contributed by atoms with E-state index in [-0.39, 0.29) is 22.7 Å². The fourth-order valence-corrected chi connectivity index (χ4v) is 4.99. The van der Waals surface area contributed by atoms with Crippen LogP contribution in [0, 0.1) is 11.6 Å². The lowest BCUT2D eigenvalue weighted by atomic mass is 10.1. The van der Waals surface area contributed by atoms with E-state index < -0.39 is 46.1 Å². The zero-order valence-corrected chi connectivity index (χ0v) is 20.7. The molecule has 0 heterocycles. The maximum atomic E-state index is 14.4. The number of para-hydroxylation sites is 1. The maximum Gasteiger partial charge on any atom is 0.264 e. The van der Waals surface area contributed by atoms with Crippen molar-refractivity contribution in [3.8, 4) is 0 Å². The van der Waals surface area contributed by atoms with Crippen LogP contribution in [0.2, 0.25) is 0 Å². The second-order valence-electron chi connectivity index (χ2n) is 7.98. The van der Waals surface area contributed by atoms with Gasteiger partial charge in [-0.15, -0.1) is 0 Å². The van der Waals surface area contributed by atoms with Crippen LogP contribution >= 0.6 is 0 Å². The van der Waals surface area contributed by atoms with Gasteiger partial charge in [-0.3, -0.25) is 13.9 Å². The molecule has 7 nitrogen and oxygen atoms in total. The summed E-state index contributed by atoms with van der Waals surface area (Å²) in [5.74, 6) is -2.35. The van der Waals surface area contributed by atoms with E-state index in [1.54, 1.807) is 31.2 Å². The van der Waals surface area contributed by atoms with Gasteiger partial charge in [0, 0.05) is 18.7 Å². The average molecular weight is 516 g/mol. The topological polar surface area (TPSA) is 86.8 Å². The summed E-state index contributed by atoms with van der Waals surface area (Å²) in [7, 11) is -4.29.